The molecule has 2 aromatic rings. The van der Waals surface area contributed by atoms with Gasteiger partial charge in [-0.05, 0) is 12.5 Å². The number of aromatic nitrogens is 2. The third kappa shape index (κ3) is 3.46. The van der Waals surface area contributed by atoms with Gasteiger partial charge in [0.2, 0.25) is 5.91 Å². The third-order valence-electron chi connectivity index (χ3n) is 4.26. The number of carboxylic acids is 1. The van der Waals surface area contributed by atoms with Crippen LogP contribution in [0.25, 0.3) is 0 Å². The molecule has 0 radical (unpaired) electrons. The Morgan fingerprint density at radius 2 is 2.12 bits per heavy atom. The van der Waals surface area contributed by atoms with Gasteiger partial charge in [-0.3, -0.25) is 14.8 Å². The molecule has 0 saturated heterocycles. The third-order valence-corrected chi connectivity index (χ3v) is 4.26. The van der Waals surface area contributed by atoms with Gasteiger partial charge >= 0.3 is 5.97 Å². The van der Waals surface area contributed by atoms with E-state index < -0.39 is 5.97 Å². The van der Waals surface area contributed by atoms with Crippen LogP contribution in [0.4, 0.5) is 0 Å². The molecule has 0 fully saturated rings. The molecule has 24 heavy (non-hydrogen) atoms. The molecule has 3 rings (SSSR count). The van der Waals surface area contributed by atoms with Crippen LogP contribution in [0.5, 0.6) is 0 Å². The second-order valence-corrected chi connectivity index (χ2v) is 6.00. The number of carbonyl (C=O) groups is 2. The maximum atomic E-state index is 12.3. The lowest BCUT2D eigenvalue weighted by atomic mass is 10.1. The van der Waals surface area contributed by atoms with Crippen LogP contribution < -0.4 is 5.32 Å². The number of hydrogen-bond donors (Lipinski definition) is 3. The van der Waals surface area contributed by atoms with Gasteiger partial charge in [0, 0.05) is 30.8 Å². The molecular weight excluding hydrogens is 308 g/mol. The van der Waals surface area contributed by atoms with Crippen LogP contribution in [-0.4, -0.2) is 45.2 Å². The Balaban J connectivity index is 1.59. The van der Waals surface area contributed by atoms with Gasteiger partial charge in [0.1, 0.15) is 0 Å². The van der Waals surface area contributed by atoms with Crippen molar-refractivity contribution in [3.8, 4) is 0 Å². The minimum Gasteiger partial charge on any atom is -0.476 e. The van der Waals surface area contributed by atoms with Gasteiger partial charge in [-0.1, -0.05) is 30.3 Å². The predicted molar refractivity (Wildman–Crippen MR) is 87.5 cm³/mol. The quantitative estimate of drug-likeness (QED) is 0.769. The van der Waals surface area contributed by atoms with E-state index in [-0.39, 0.29) is 24.2 Å². The van der Waals surface area contributed by atoms with Gasteiger partial charge in [0.05, 0.1) is 12.6 Å². The van der Waals surface area contributed by atoms with Crippen molar-refractivity contribution in [1.82, 2.24) is 20.4 Å². The van der Waals surface area contributed by atoms with E-state index in [4.69, 9.17) is 5.11 Å². The van der Waals surface area contributed by atoms with E-state index >= 15 is 0 Å². The molecule has 0 bridgehead atoms. The van der Waals surface area contributed by atoms with E-state index in [9.17, 15) is 9.59 Å². The number of nitrogens with one attached hydrogen (secondary N) is 2. The molecule has 0 spiro atoms. The molecule has 0 aliphatic carbocycles. The Kier molecular flexibility index (Phi) is 4.61. The lowest BCUT2D eigenvalue weighted by molar-refractivity contribution is -0.123. The molecule has 0 saturated carbocycles. The van der Waals surface area contributed by atoms with Crippen LogP contribution >= 0.6 is 0 Å². The molecule has 1 aliphatic heterocycles. The highest BCUT2D eigenvalue weighted by molar-refractivity contribution is 5.87. The van der Waals surface area contributed by atoms with Crippen LogP contribution in [0.3, 0.4) is 0 Å². The van der Waals surface area contributed by atoms with Gasteiger partial charge in [0.25, 0.3) is 0 Å². The van der Waals surface area contributed by atoms with Crippen molar-refractivity contribution in [2.75, 3.05) is 13.1 Å². The number of carbonyl (C=O) groups excluding carboxylic acids is 1. The van der Waals surface area contributed by atoms with Crippen molar-refractivity contribution < 1.29 is 14.7 Å². The van der Waals surface area contributed by atoms with Gasteiger partial charge in [0.15, 0.2) is 5.69 Å². The zero-order chi connectivity index (χ0) is 17.1. The first kappa shape index (κ1) is 16.2. The summed E-state index contributed by atoms with van der Waals surface area (Å²) >= 11 is 0. The number of amides is 1. The second kappa shape index (κ2) is 6.84. The molecule has 1 aromatic heterocycles. The number of carboxylic acid groups (broad SMARTS) is 1. The van der Waals surface area contributed by atoms with Crippen molar-refractivity contribution in [2.24, 2.45) is 0 Å². The lowest BCUT2D eigenvalue weighted by Crippen LogP contribution is -2.40. The predicted octanol–water partition coefficient (Wildman–Crippen LogP) is 1.34. The number of aromatic carboxylic acids is 1. The smallest absolute Gasteiger partial charge is 0.356 e. The van der Waals surface area contributed by atoms with Crippen molar-refractivity contribution >= 4 is 11.9 Å². The average molecular weight is 328 g/mol. The highest BCUT2D eigenvalue weighted by atomic mass is 16.4. The number of rotatable bonds is 5. The summed E-state index contributed by atoms with van der Waals surface area (Å²) < 4.78 is 0. The van der Waals surface area contributed by atoms with Crippen LogP contribution in [-0.2, 0) is 17.8 Å². The Morgan fingerprint density at radius 3 is 2.83 bits per heavy atom. The van der Waals surface area contributed by atoms with Crippen LogP contribution in [0.1, 0.15) is 40.3 Å². The largest absolute Gasteiger partial charge is 0.476 e. The zero-order valence-corrected chi connectivity index (χ0v) is 13.5. The van der Waals surface area contributed by atoms with Crippen molar-refractivity contribution in [3.63, 3.8) is 0 Å². The topological polar surface area (TPSA) is 98.3 Å². The van der Waals surface area contributed by atoms with Crippen LogP contribution in [0.2, 0.25) is 0 Å². The monoisotopic (exact) mass is 328 g/mol. The summed E-state index contributed by atoms with van der Waals surface area (Å²) in [7, 11) is 0. The fraction of sp³-hybridized carbons (Fsp3) is 0.353. The Hall–Kier alpha value is -2.67. The number of nitrogens with zero attached hydrogens (tertiary/aromatic N) is 2. The van der Waals surface area contributed by atoms with Gasteiger partial charge < -0.3 is 10.4 Å². The standard InChI is InChI=1S/C17H20N4O3/c1-11(12-5-3-2-4-6-12)18-15(22)10-21-8-7-14-13(9-21)16(17(23)24)20-19-14/h2-6,11H,7-10H2,1H3,(H,18,22)(H,19,20)(H,23,24)/t11-/m0/s1. The van der Waals surface area contributed by atoms with E-state index in [1.807, 2.05) is 42.2 Å². The maximum absolute atomic E-state index is 12.3. The SMILES string of the molecule is C[C@H](NC(=O)CN1CCc2[nH]nc(C(=O)O)c2C1)c1ccccc1. The van der Waals surface area contributed by atoms with Crippen molar-refractivity contribution in [2.45, 2.75) is 25.9 Å². The Bertz CT molecular complexity index is 742. The molecule has 0 unspecified atom stereocenters. The Labute approximate surface area is 139 Å². The van der Waals surface area contributed by atoms with Gasteiger partial charge in [-0.2, -0.15) is 5.10 Å². The molecule has 1 aliphatic rings. The molecule has 7 nitrogen and oxygen atoms in total. The van der Waals surface area contributed by atoms with E-state index in [2.05, 4.69) is 15.5 Å². The first-order chi connectivity index (χ1) is 11.5. The molecule has 1 aromatic carbocycles. The number of benzene rings is 1. The molecule has 1 amide bonds. The van der Waals surface area contributed by atoms with Crippen LogP contribution in [0, 0.1) is 0 Å². The zero-order valence-electron chi connectivity index (χ0n) is 13.5. The average Bonchev–Trinajstić information content (AvgIpc) is 2.99. The van der Waals surface area contributed by atoms with Crippen molar-refractivity contribution in [1.29, 1.82) is 0 Å². The molecular formula is C17H20N4O3. The number of hydrogen-bond acceptors (Lipinski definition) is 4. The fourth-order valence-electron chi connectivity index (χ4n) is 2.98. The second-order valence-electron chi connectivity index (χ2n) is 6.00. The maximum Gasteiger partial charge on any atom is 0.356 e. The van der Waals surface area contributed by atoms with E-state index in [0.29, 0.717) is 25.1 Å². The summed E-state index contributed by atoms with van der Waals surface area (Å²) in [6.07, 6.45) is 0.664. The van der Waals surface area contributed by atoms with E-state index in [1.165, 1.54) is 0 Å². The summed E-state index contributed by atoms with van der Waals surface area (Å²) in [5.74, 6) is -1.12. The van der Waals surface area contributed by atoms with Crippen molar-refractivity contribution in [3.05, 3.63) is 52.8 Å². The molecule has 3 N–H and O–H groups in total. The minimum absolute atomic E-state index is 0.0489. The van der Waals surface area contributed by atoms with E-state index in [0.717, 1.165) is 11.3 Å². The number of aromatic amines is 1. The minimum atomic E-state index is -1.04. The molecule has 126 valence electrons. The summed E-state index contributed by atoms with van der Waals surface area (Å²) in [6, 6.07) is 9.70. The normalized spacial score (nSPS) is 15.5. The molecule has 2 heterocycles. The summed E-state index contributed by atoms with van der Waals surface area (Å²) in [4.78, 5) is 25.4. The summed E-state index contributed by atoms with van der Waals surface area (Å²) in [5, 5.41) is 18.8. The molecule has 1 atom stereocenters. The first-order valence-corrected chi connectivity index (χ1v) is 7.90. The number of H-pyrrole nitrogens is 1. The molecule has 7 heteroatoms. The summed E-state index contributed by atoms with van der Waals surface area (Å²) in [6.45, 7) is 3.29. The fourth-order valence-corrected chi connectivity index (χ4v) is 2.98. The highest BCUT2D eigenvalue weighted by Gasteiger charge is 2.26. The van der Waals surface area contributed by atoms with Gasteiger partial charge in [-0.15, -0.1) is 0 Å². The summed E-state index contributed by atoms with van der Waals surface area (Å²) in [5.41, 5.74) is 2.63. The Morgan fingerprint density at radius 1 is 1.38 bits per heavy atom. The first-order valence-electron chi connectivity index (χ1n) is 7.90. The lowest BCUT2D eigenvalue weighted by Gasteiger charge is -2.26. The van der Waals surface area contributed by atoms with E-state index in [1.54, 1.807) is 0 Å². The highest BCUT2D eigenvalue weighted by Crippen LogP contribution is 2.20. The number of fused-ring (bicyclic) bond motifs is 1. The van der Waals surface area contributed by atoms with Gasteiger partial charge in [-0.25, -0.2) is 4.79 Å². The van der Waals surface area contributed by atoms with Crippen LogP contribution in [0.15, 0.2) is 30.3 Å².